The number of nitrogens with zero attached hydrogens (tertiary/aromatic N) is 1. The summed E-state index contributed by atoms with van der Waals surface area (Å²) in [7, 11) is 0. The smallest absolute Gasteiger partial charge is 0.140 e. The number of pyridine rings is 1. The van der Waals surface area contributed by atoms with Gasteiger partial charge < -0.3 is 10.1 Å². The van der Waals surface area contributed by atoms with E-state index in [1.54, 1.807) is 17.5 Å². The van der Waals surface area contributed by atoms with Gasteiger partial charge in [-0.25, -0.2) is 0 Å². The van der Waals surface area contributed by atoms with Crippen LogP contribution >= 0.6 is 11.3 Å². The third kappa shape index (κ3) is 3.55. The van der Waals surface area contributed by atoms with Gasteiger partial charge in [0.1, 0.15) is 12.4 Å². The molecular weight excluding hydrogens is 244 g/mol. The molecule has 0 aromatic carbocycles. The van der Waals surface area contributed by atoms with Crippen molar-refractivity contribution < 1.29 is 4.74 Å². The highest BCUT2D eigenvalue weighted by molar-refractivity contribution is 7.10. The zero-order valence-electron chi connectivity index (χ0n) is 10.7. The lowest BCUT2D eigenvalue weighted by molar-refractivity contribution is 0.304. The van der Waals surface area contributed by atoms with E-state index in [4.69, 9.17) is 4.74 Å². The maximum absolute atomic E-state index is 5.68. The molecule has 2 heterocycles. The van der Waals surface area contributed by atoms with Gasteiger partial charge in [-0.2, -0.15) is 0 Å². The van der Waals surface area contributed by atoms with Crippen LogP contribution in [0.2, 0.25) is 0 Å². The van der Waals surface area contributed by atoms with E-state index in [0.29, 0.717) is 12.6 Å². The number of rotatable bonds is 6. The Morgan fingerprint density at radius 2 is 2.28 bits per heavy atom. The summed E-state index contributed by atoms with van der Waals surface area (Å²) in [6, 6.07) is 8.44. The highest BCUT2D eigenvalue weighted by Crippen LogP contribution is 2.18. The zero-order chi connectivity index (χ0) is 12.8. The molecule has 1 N–H and O–H groups in total. The number of aryl methyl sites for hydroxylation is 1. The van der Waals surface area contributed by atoms with Crippen molar-refractivity contribution in [1.29, 1.82) is 0 Å². The Balaban J connectivity index is 1.72. The Bertz CT molecular complexity index is 470. The van der Waals surface area contributed by atoms with Crippen LogP contribution in [-0.2, 0) is 0 Å². The van der Waals surface area contributed by atoms with Crippen molar-refractivity contribution in [3.63, 3.8) is 0 Å². The Hall–Kier alpha value is -1.39. The molecule has 0 fully saturated rings. The van der Waals surface area contributed by atoms with Gasteiger partial charge in [0, 0.05) is 23.7 Å². The third-order valence-electron chi connectivity index (χ3n) is 2.74. The van der Waals surface area contributed by atoms with Crippen molar-refractivity contribution >= 4 is 11.3 Å². The lowest BCUT2D eigenvalue weighted by Crippen LogP contribution is -2.23. The van der Waals surface area contributed by atoms with Gasteiger partial charge in [0.05, 0.1) is 5.69 Å². The molecule has 0 aliphatic heterocycles. The van der Waals surface area contributed by atoms with Gasteiger partial charge in [0.25, 0.3) is 0 Å². The molecule has 0 amide bonds. The highest BCUT2D eigenvalue weighted by atomic mass is 32.1. The second-order valence-corrected chi connectivity index (χ2v) is 5.11. The molecule has 2 rings (SSSR count). The molecule has 0 radical (unpaired) electrons. The van der Waals surface area contributed by atoms with Crippen molar-refractivity contribution in [1.82, 2.24) is 10.3 Å². The predicted octanol–water partition coefficient (Wildman–Crippen LogP) is 3.18. The first-order valence-corrected chi connectivity index (χ1v) is 6.96. The molecule has 2 aromatic rings. The van der Waals surface area contributed by atoms with Gasteiger partial charge >= 0.3 is 0 Å². The average Bonchev–Trinajstić information content (AvgIpc) is 2.90. The molecule has 18 heavy (non-hydrogen) atoms. The molecule has 0 saturated heterocycles. The minimum Gasteiger partial charge on any atom is -0.490 e. The van der Waals surface area contributed by atoms with E-state index in [9.17, 15) is 0 Å². The summed E-state index contributed by atoms with van der Waals surface area (Å²) in [5.41, 5.74) is 0.934. The number of nitrogens with one attached hydrogen (secondary N) is 1. The molecular formula is C14H18N2OS. The van der Waals surface area contributed by atoms with Crippen LogP contribution in [-0.4, -0.2) is 18.1 Å². The number of thiophene rings is 1. The van der Waals surface area contributed by atoms with Crippen molar-refractivity contribution in [2.24, 2.45) is 0 Å². The average molecular weight is 262 g/mol. The molecule has 1 unspecified atom stereocenters. The van der Waals surface area contributed by atoms with Gasteiger partial charge in [-0.15, -0.1) is 11.3 Å². The molecule has 1 atom stereocenters. The minimum absolute atomic E-state index is 0.378. The number of ether oxygens (including phenoxy) is 1. The van der Waals surface area contributed by atoms with Crippen LogP contribution in [0.25, 0.3) is 0 Å². The largest absolute Gasteiger partial charge is 0.490 e. The minimum atomic E-state index is 0.378. The molecule has 0 aliphatic carbocycles. The number of aromatic nitrogens is 1. The first kappa shape index (κ1) is 13.1. The summed E-state index contributed by atoms with van der Waals surface area (Å²) in [5.74, 6) is 0.864. The van der Waals surface area contributed by atoms with Crippen molar-refractivity contribution in [2.45, 2.75) is 19.9 Å². The first-order chi connectivity index (χ1) is 8.77. The summed E-state index contributed by atoms with van der Waals surface area (Å²) >= 11 is 1.77. The quantitative estimate of drug-likeness (QED) is 0.812. The van der Waals surface area contributed by atoms with E-state index in [1.807, 2.05) is 19.1 Å². The Morgan fingerprint density at radius 3 is 3.00 bits per heavy atom. The fourth-order valence-corrected chi connectivity index (χ4v) is 2.46. The predicted molar refractivity (Wildman–Crippen MR) is 75.2 cm³/mol. The van der Waals surface area contributed by atoms with Crippen molar-refractivity contribution in [3.05, 3.63) is 46.4 Å². The van der Waals surface area contributed by atoms with Crippen LogP contribution in [0.4, 0.5) is 0 Å². The SMILES string of the molecule is Cc1ncccc1OCCNC(C)c1cccs1. The first-order valence-electron chi connectivity index (χ1n) is 6.08. The molecule has 2 aromatic heterocycles. The summed E-state index contributed by atoms with van der Waals surface area (Å²) in [6.07, 6.45) is 1.78. The van der Waals surface area contributed by atoms with Crippen LogP contribution in [0.1, 0.15) is 23.5 Å². The maximum atomic E-state index is 5.68. The fraction of sp³-hybridized carbons (Fsp3) is 0.357. The maximum Gasteiger partial charge on any atom is 0.140 e. The molecule has 0 bridgehead atoms. The van der Waals surface area contributed by atoms with Crippen molar-refractivity contribution in [2.75, 3.05) is 13.2 Å². The highest BCUT2D eigenvalue weighted by Gasteiger charge is 2.05. The lowest BCUT2D eigenvalue weighted by atomic mass is 10.3. The zero-order valence-corrected chi connectivity index (χ0v) is 11.5. The molecule has 3 nitrogen and oxygen atoms in total. The van der Waals surface area contributed by atoms with Crippen LogP contribution in [0.3, 0.4) is 0 Å². The van der Waals surface area contributed by atoms with E-state index in [2.05, 4.69) is 34.7 Å². The molecule has 0 saturated carbocycles. The van der Waals surface area contributed by atoms with Gasteiger partial charge in [0.15, 0.2) is 0 Å². The Labute approximate surface area is 112 Å². The standard InChI is InChI=1S/C14H18N2OS/c1-11-13(5-3-7-15-11)17-9-8-16-12(2)14-6-4-10-18-14/h3-7,10,12,16H,8-9H2,1-2H3. The van der Waals surface area contributed by atoms with Gasteiger partial charge in [-0.3, -0.25) is 4.98 Å². The lowest BCUT2D eigenvalue weighted by Gasteiger charge is -2.13. The van der Waals surface area contributed by atoms with E-state index in [-0.39, 0.29) is 0 Å². The van der Waals surface area contributed by atoms with Crippen LogP contribution < -0.4 is 10.1 Å². The fourth-order valence-electron chi connectivity index (χ4n) is 1.70. The summed E-state index contributed by atoms with van der Waals surface area (Å²) in [4.78, 5) is 5.54. The van der Waals surface area contributed by atoms with Crippen LogP contribution in [0.5, 0.6) is 5.75 Å². The Kier molecular flexibility index (Phi) is 4.73. The van der Waals surface area contributed by atoms with E-state index in [1.165, 1.54) is 4.88 Å². The molecule has 0 spiro atoms. The van der Waals surface area contributed by atoms with Gasteiger partial charge in [0.2, 0.25) is 0 Å². The summed E-state index contributed by atoms with van der Waals surface area (Å²) < 4.78 is 5.68. The van der Waals surface area contributed by atoms with Crippen LogP contribution in [0, 0.1) is 6.92 Å². The topological polar surface area (TPSA) is 34.1 Å². The number of hydrogen-bond donors (Lipinski definition) is 1. The van der Waals surface area contributed by atoms with E-state index in [0.717, 1.165) is 18.0 Å². The molecule has 96 valence electrons. The number of hydrogen-bond acceptors (Lipinski definition) is 4. The Morgan fingerprint density at radius 1 is 1.39 bits per heavy atom. The second-order valence-electron chi connectivity index (χ2n) is 4.13. The third-order valence-corrected chi connectivity index (χ3v) is 3.79. The normalized spacial score (nSPS) is 12.3. The van der Waals surface area contributed by atoms with E-state index >= 15 is 0 Å². The summed E-state index contributed by atoms with van der Waals surface area (Å²) in [5, 5.41) is 5.54. The molecule has 4 heteroatoms. The van der Waals surface area contributed by atoms with Gasteiger partial charge in [-0.05, 0) is 37.4 Å². The second kappa shape index (κ2) is 6.52. The monoisotopic (exact) mass is 262 g/mol. The van der Waals surface area contributed by atoms with Gasteiger partial charge in [-0.1, -0.05) is 6.07 Å². The van der Waals surface area contributed by atoms with Crippen molar-refractivity contribution in [3.8, 4) is 5.75 Å². The van der Waals surface area contributed by atoms with E-state index < -0.39 is 0 Å². The van der Waals surface area contributed by atoms with Crippen LogP contribution in [0.15, 0.2) is 35.8 Å². The summed E-state index contributed by atoms with van der Waals surface area (Å²) in [6.45, 7) is 5.61. The molecule has 0 aliphatic rings.